The highest BCUT2D eigenvalue weighted by Crippen LogP contribution is 2.55. The van der Waals surface area contributed by atoms with E-state index in [1.54, 1.807) is 6.92 Å². The Hall–Kier alpha value is -1.46. The van der Waals surface area contributed by atoms with Gasteiger partial charge in [0.1, 0.15) is 0 Å². The van der Waals surface area contributed by atoms with Crippen molar-refractivity contribution in [3.63, 3.8) is 0 Å². The van der Waals surface area contributed by atoms with Crippen molar-refractivity contribution >= 4 is 11.8 Å². The van der Waals surface area contributed by atoms with Crippen LogP contribution in [0.5, 0.6) is 0 Å². The van der Waals surface area contributed by atoms with Crippen LogP contribution in [0.3, 0.4) is 0 Å². The van der Waals surface area contributed by atoms with E-state index in [1.807, 2.05) is 13.8 Å². The molecule has 0 aromatic heterocycles. The van der Waals surface area contributed by atoms with Gasteiger partial charge in [-0.3, -0.25) is 4.79 Å². The van der Waals surface area contributed by atoms with Crippen LogP contribution >= 0.6 is 0 Å². The van der Waals surface area contributed by atoms with E-state index >= 15 is 0 Å². The maximum atomic E-state index is 12.5. The zero-order chi connectivity index (χ0) is 19.0. The fourth-order valence-electron chi connectivity index (χ4n) is 4.42. The summed E-state index contributed by atoms with van der Waals surface area (Å²) < 4.78 is 5.84. The van der Waals surface area contributed by atoms with E-state index in [0.29, 0.717) is 19.3 Å². The SMILES string of the molecule is CC(=CCOC1CCC2(C)CC(=O)C(=C(C)C)CC2C1(C)O)C(=O)O. The summed E-state index contributed by atoms with van der Waals surface area (Å²) in [6, 6.07) is 0. The lowest BCUT2D eigenvalue weighted by molar-refractivity contribution is -0.188. The molecule has 0 bridgehead atoms. The highest BCUT2D eigenvalue weighted by atomic mass is 16.5. The minimum Gasteiger partial charge on any atom is -0.478 e. The van der Waals surface area contributed by atoms with Crippen LogP contribution in [0, 0.1) is 11.3 Å². The molecule has 0 radical (unpaired) electrons. The Morgan fingerprint density at radius 3 is 2.52 bits per heavy atom. The van der Waals surface area contributed by atoms with Crippen LogP contribution in [0.4, 0.5) is 0 Å². The number of carboxylic acids is 1. The molecule has 0 amide bonds. The second kappa shape index (κ2) is 7.04. The first-order valence-electron chi connectivity index (χ1n) is 8.92. The second-order valence-electron chi connectivity index (χ2n) is 8.27. The smallest absolute Gasteiger partial charge is 0.331 e. The standard InChI is InChI=1S/C20H30O5/c1-12(2)14-10-16-19(4,11-15(14)21)8-6-17(20(16,5)24)25-9-7-13(3)18(22)23/h7,16-17,24H,6,8-11H2,1-5H3,(H,22,23). The van der Waals surface area contributed by atoms with Crippen molar-refractivity contribution in [3.8, 4) is 0 Å². The zero-order valence-electron chi connectivity index (χ0n) is 15.9. The fourth-order valence-corrected chi connectivity index (χ4v) is 4.42. The number of ether oxygens (including phenoxy) is 1. The largest absolute Gasteiger partial charge is 0.478 e. The van der Waals surface area contributed by atoms with Gasteiger partial charge in [-0.25, -0.2) is 4.79 Å². The van der Waals surface area contributed by atoms with Crippen molar-refractivity contribution in [1.82, 2.24) is 0 Å². The summed E-state index contributed by atoms with van der Waals surface area (Å²) in [5.41, 5.74) is 0.817. The first-order chi connectivity index (χ1) is 11.5. The maximum Gasteiger partial charge on any atom is 0.331 e. The van der Waals surface area contributed by atoms with Crippen LogP contribution in [0.2, 0.25) is 0 Å². The third-order valence-corrected chi connectivity index (χ3v) is 6.11. The number of hydrogen-bond acceptors (Lipinski definition) is 4. The molecule has 25 heavy (non-hydrogen) atoms. The monoisotopic (exact) mass is 350 g/mol. The molecule has 0 heterocycles. The molecule has 2 aliphatic carbocycles. The Labute approximate surface area is 149 Å². The molecule has 0 aromatic carbocycles. The van der Waals surface area contributed by atoms with E-state index in [2.05, 4.69) is 6.92 Å². The lowest BCUT2D eigenvalue weighted by atomic mass is 9.53. The quantitative estimate of drug-likeness (QED) is 0.760. The molecule has 140 valence electrons. The summed E-state index contributed by atoms with van der Waals surface area (Å²) in [5, 5.41) is 20.2. The van der Waals surface area contributed by atoms with E-state index < -0.39 is 11.6 Å². The summed E-state index contributed by atoms with van der Waals surface area (Å²) in [7, 11) is 0. The Balaban J connectivity index is 2.19. The van der Waals surface area contributed by atoms with Crippen molar-refractivity contribution < 1.29 is 24.5 Å². The molecule has 2 fully saturated rings. The molecule has 2 N–H and O–H groups in total. The molecule has 5 nitrogen and oxygen atoms in total. The Morgan fingerprint density at radius 1 is 1.32 bits per heavy atom. The lowest BCUT2D eigenvalue weighted by Crippen LogP contribution is -2.59. The molecule has 0 saturated heterocycles. The van der Waals surface area contributed by atoms with Gasteiger partial charge < -0.3 is 14.9 Å². The normalized spacial score (nSPS) is 36.2. The molecule has 0 spiro atoms. The van der Waals surface area contributed by atoms with Gasteiger partial charge >= 0.3 is 5.97 Å². The molecule has 0 aliphatic heterocycles. The average molecular weight is 350 g/mol. The summed E-state index contributed by atoms with van der Waals surface area (Å²) in [6.45, 7) is 9.47. The van der Waals surface area contributed by atoms with Gasteiger partial charge in [-0.2, -0.15) is 0 Å². The minimum atomic E-state index is -1.06. The van der Waals surface area contributed by atoms with Gasteiger partial charge in [0.25, 0.3) is 0 Å². The van der Waals surface area contributed by atoms with Crippen molar-refractivity contribution in [1.29, 1.82) is 0 Å². The van der Waals surface area contributed by atoms with E-state index in [0.717, 1.165) is 17.6 Å². The number of hydrogen-bond donors (Lipinski definition) is 2. The maximum absolute atomic E-state index is 12.5. The topological polar surface area (TPSA) is 83.8 Å². The molecular weight excluding hydrogens is 320 g/mol. The molecule has 5 heteroatoms. The first-order valence-corrected chi connectivity index (χ1v) is 8.92. The van der Waals surface area contributed by atoms with Gasteiger partial charge in [0.2, 0.25) is 0 Å². The van der Waals surface area contributed by atoms with E-state index in [9.17, 15) is 14.7 Å². The van der Waals surface area contributed by atoms with E-state index in [-0.39, 0.29) is 35.4 Å². The summed E-state index contributed by atoms with van der Waals surface area (Å²) in [6.07, 6.45) is 3.69. The Kier molecular flexibility index (Phi) is 5.59. The number of carboxylic acid groups (broad SMARTS) is 1. The van der Waals surface area contributed by atoms with Gasteiger partial charge in [0.15, 0.2) is 5.78 Å². The Morgan fingerprint density at radius 2 is 1.96 bits per heavy atom. The fraction of sp³-hybridized carbons (Fsp3) is 0.700. The van der Waals surface area contributed by atoms with Crippen LogP contribution < -0.4 is 0 Å². The van der Waals surface area contributed by atoms with Crippen LogP contribution in [0.25, 0.3) is 0 Å². The molecule has 2 saturated carbocycles. The summed E-state index contributed by atoms with van der Waals surface area (Å²) in [4.78, 5) is 23.3. The molecule has 4 atom stereocenters. The zero-order valence-corrected chi connectivity index (χ0v) is 15.9. The molecular formula is C20H30O5. The van der Waals surface area contributed by atoms with Gasteiger partial charge in [0, 0.05) is 12.0 Å². The number of ketones is 1. The summed E-state index contributed by atoms with van der Waals surface area (Å²) >= 11 is 0. The van der Waals surface area contributed by atoms with Gasteiger partial charge in [0.05, 0.1) is 18.3 Å². The second-order valence-corrected chi connectivity index (χ2v) is 8.27. The highest BCUT2D eigenvalue weighted by Gasteiger charge is 2.56. The van der Waals surface area contributed by atoms with E-state index in [4.69, 9.17) is 9.84 Å². The minimum absolute atomic E-state index is 0.0501. The first kappa shape index (κ1) is 19.9. The lowest BCUT2D eigenvalue weighted by Gasteiger charge is -2.55. The number of fused-ring (bicyclic) bond motifs is 1. The van der Waals surface area contributed by atoms with E-state index in [1.165, 1.54) is 13.0 Å². The summed E-state index contributed by atoms with van der Waals surface area (Å²) in [5.74, 6) is -0.814. The number of carbonyl (C=O) groups excluding carboxylic acids is 1. The molecule has 2 rings (SSSR count). The third kappa shape index (κ3) is 3.87. The number of allylic oxidation sites excluding steroid dienone is 2. The predicted molar refractivity (Wildman–Crippen MR) is 95.2 cm³/mol. The predicted octanol–water partition coefficient (Wildman–Crippen LogP) is 3.27. The number of rotatable bonds is 4. The van der Waals surface area contributed by atoms with Crippen LogP contribution in [-0.2, 0) is 14.3 Å². The van der Waals surface area contributed by atoms with Gasteiger partial charge in [-0.15, -0.1) is 0 Å². The number of aliphatic hydroxyl groups is 1. The number of Topliss-reactive ketones (excluding diaryl/α,β-unsaturated/α-hetero) is 1. The highest BCUT2D eigenvalue weighted by molar-refractivity contribution is 5.97. The number of aliphatic carboxylic acids is 1. The molecule has 2 aliphatic rings. The van der Waals surface area contributed by atoms with Crippen LogP contribution in [-0.4, -0.2) is 40.3 Å². The third-order valence-electron chi connectivity index (χ3n) is 6.11. The average Bonchev–Trinajstić information content (AvgIpc) is 2.48. The van der Waals surface area contributed by atoms with Crippen LogP contribution in [0.1, 0.15) is 60.3 Å². The van der Waals surface area contributed by atoms with Gasteiger partial charge in [-0.1, -0.05) is 12.5 Å². The van der Waals surface area contributed by atoms with Crippen molar-refractivity contribution in [2.75, 3.05) is 6.61 Å². The van der Waals surface area contributed by atoms with Gasteiger partial charge in [-0.05, 0) is 69.9 Å². The molecule has 4 unspecified atom stereocenters. The van der Waals surface area contributed by atoms with Crippen molar-refractivity contribution in [3.05, 3.63) is 22.8 Å². The molecule has 0 aromatic rings. The van der Waals surface area contributed by atoms with Crippen LogP contribution in [0.15, 0.2) is 22.8 Å². The van der Waals surface area contributed by atoms with Crippen molar-refractivity contribution in [2.45, 2.75) is 72.0 Å². The Bertz CT molecular complexity index is 624. The number of carbonyl (C=O) groups is 2. The van der Waals surface area contributed by atoms with Crippen molar-refractivity contribution in [2.24, 2.45) is 11.3 Å².